The molecule has 23 heavy (non-hydrogen) atoms. The van der Waals surface area contributed by atoms with Crippen molar-refractivity contribution >= 4 is 0 Å². The zero-order chi connectivity index (χ0) is 17.1. The lowest BCUT2D eigenvalue weighted by molar-refractivity contribution is -0.207. The Morgan fingerprint density at radius 2 is 1.61 bits per heavy atom. The molecule has 3 saturated carbocycles. The van der Waals surface area contributed by atoms with Crippen molar-refractivity contribution in [1.82, 2.24) is 0 Å². The van der Waals surface area contributed by atoms with Crippen LogP contribution in [0.1, 0.15) is 72.6 Å². The highest BCUT2D eigenvalue weighted by Gasteiger charge is 2.64. The molecule has 130 valence electrons. The highest BCUT2D eigenvalue weighted by atomic mass is 16.3. The van der Waals surface area contributed by atoms with E-state index in [0.717, 1.165) is 25.2 Å². The van der Waals surface area contributed by atoms with Crippen molar-refractivity contribution in [2.45, 2.75) is 78.2 Å². The first-order valence-corrected chi connectivity index (χ1v) is 9.38. The predicted octanol–water partition coefficient (Wildman–Crippen LogP) is 3.89. The van der Waals surface area contributed by atoms with Gasteiger partial charge in [-0.25, -0.2) is 0 Å². The summed E-state index contributed by atoms with van der Waals surface area (Å²) in [5, 5.41) is 30.4. The number of nitriles is 1. The summed E-state index contributed by atoms with van der Waals surface area (Å²) in [5.41, 5.74) is -0.825. The van der Waals surface area contributed by atoms with Crippen LogP contribution in [0.3, 0.4) is 0 Å². The second-order valence-electron chi connectivity index (χ2n) is 9.81. The maximum absolute atomic E-state index is 10.8. The molecule has 0 spiro atoms. The van der Waals surface area contributed by atoms with E-state index in [0.29, 0.717) is 17.8 Å². The Bertz CT molecular complexity index is 524. The van der Waals surface area contributed by atoms with E-state index in [1.807, 2.05) is 0 Å². The number of rotatable bonds is 1. The van der Waals surface area contributed by atoms with Crippen LogP contribution in [0.2, 0.25) is 0 Å². The average Bonchev–Trinajstić information content (AvgIpc) is 2.45. The van der Waals surface area contributed by atoms with E-state index in [1.54, 1.807) is 0 Å². The molecule has 0 aliphatic heterocycles. The van der Waals surface area contributed by atoms with Crippen molar-refractivity contribution in [3.05, 3.63) is 0 Å². The third-order valence-corrected chi connectivity index (χ3v) is 8.40. The van der Waals surface area contributed by atoms with Crippen molar-refractivity contribution in [1.29, 1.82) is 5.26 Å². The number of hydrogen-bond acceptors (Lipinski definition) is 3. The fraction of sp³-hybridized carbons (Fsp3) is 0.950. The van der Waals surface area contributed by atoms with Crippen molar-refractivity contribution < 1.29 is 10.2 Å². The normalized spacial score (nSPS) is 52.1. The minimum atomic E-state index is -1.35. The van der Waals surface area contributed by atoms with Gasteiger partial charge in [0.15, 0.2) is 5.60 Å². The third kappa shape index (κ3) is 2.21. The summed E-state index contributed by atoms with van der Waals surface area (Å²) in [6.07, 6.45) is 7.45. The minimum Gasteiger partial charge on any atom is -0.396 e. The molecular weight excluding hydrogens is 286 g/mol. The summed E-state index contributed by atoms with van der Waals surface area (Å²) in [6.45, 7) is 9.47. The lowest BCUT2D eigenvalue weighted by atomic mass is 9.38. The van der Waals surface area contributed by atoms with E-state index in [1.165, 1.54) is 19.3 Å². The van der Waals surface area contributed by atoms with Gasteiger partial charge in [0.05, 0.1) is 12.7 Å². The quantitative estimate of drug-likeness (QED) is 0.721. The van der Waals surface area contributed by atoms with Crippen LogP contribution in [0.15, 0.2) is 0 Å². The van der Waals surface area contributed by atoms with Crippen LogP contribution in [-0.2, 0) is 0 Å². The zero-order valence-electron chi connectivity index (χ0n) is 15.2. The molecule has 0 amide bonds. The first-order chi connectivity index (χ1) is 10.6. The molecule has 0 aromatic heterocycles. The van der Waals surface area contributed by atoms with E-state index < -0.39 is 5.60 Å². The van der Waals surface area contributed by atoms with Crippen LogP contribution >= 0.6 is 0 Å². The molecule has 3 aliphatic carbocycles. The molecule has 0 aromatic carbocycles. The van der Waals surface area contributed by atoms with Crippen LogP contribution in [0.4, 0.5) is 0 Å². The maximum Gasteiger partial charge on any atom is 0.156 e. The Hall–Kier alpha value is -0.590. The topological polar surface area (TPSA) is 64.2 Å². The van der Waals surface area contributed by atoms with Gasteiger partial charge in [-0.2, -0.15) is 5.26 Å². The zero-order valence-corrected chi connectivity index (χ0v) is 15.2. The minimum absolute atomic E-state index is 0.0821. The maximum atomic E-state index is 10.8. The monoisotopic (exact) mass is 319 g/mol. The molecule has 3 aliphatic rings. The van der Waals surface area contributed by atoms with E-state index in [-0.39, 0.29) is 23.4 Å². The van der Waals surface area contributed by atoms with Gasteiger partial charge in [-0.1, -0.05) is 34.1 Å². The summed E-state index contributed by atoms with van der Waals surface area (Å²) in [7, 11) is 0. The van der Waals surface area contributed by atoms with Gasteiger partial charge in [-0.05, 0) is 66.6 Å². The molecule has 0 unspecified atom stereocenters. The molecule has 3 nitrogen and oxygen atoms in total. The van der Waals surface area contributed by atoms with E-state index in [9.17, 15) is 15.5 Å². The van der Waals surface area contributed by atoms with Crippen LogP contribution in [0, 0.1) is 45.3 Å². The molecule has 6 atom stereocenters. The van der Waals surface area contributed by atoms with Crippen molar-refractivity contribution in [3.63, 3.8) is 0 Å². The third-order valence-electron chi connectivity index (χ3n) is 8.40. The lowest BCUT2D eigenvalue weighted by Crippen LogP contribution is -2.63. The molecule has 3 rings (SSSR count). The van der Waals surface area contributed by atoms with Gasteiger partial charge in [-0.3, -0.25) is 0 Å². The van der Waals surface area contributed by atoms with Crippen LogP contribution in [0.5, 0.6) is 0 Å². The Labute approximate surface area is 141 Å². The van der Waals surface area contributed by atoms with Crippen molar-refractivity contribution in [3.8, 4) is 6.07 Å². The number of hydrogen-bond donors (Lipinski definition) is 2. The van der Waals surface area contributed by atoms with Crippen molar-refractivity contribution in [2.75, 3.05) is 6.61 Å². The highest BCUT2D eigenvalue weighted by molar-refractivity contribution is 5.18. The molecule has 0 aromatic rings. The van der Waals surface area contributed by atoms with Gasteiger partial charge in [0.2, 0.25) is 0 Å². The van der Waals surface area contributed by atoms with Gasteiger partial charge in [0.25, 0.3) is 0 Å². The molecule has 0 radical (unpaired) electrons. The summed E-state index contributed by atoms with van der Waals surface area (Å²) in [4.78, 5) is 0. The molecule has 3 fully saturated rings. The first kappa shape index (κ1) is 17.2. The van der Waals surface area contributed by atoms with Crippen LogP contribution in [-0.4, -0.2) is 22.4 Å². The largest absolute Gasteiger partial charge is 0.396 e. The van der Waals surface area contributed by atoms with Gasteiger partial charge >= 0.3 is 0 Å². The molecule has 0 heterocycles. The summed E-state index contributed by atoms with van der Waals surface area (Å²) in [5.74, 6) is 0.898. The Morgan fingerprint density at radius 1 is 0.957 bits per heavy atom. The summed E-state index contributed by atoms with van der Waals surface area (Å²) in [6, 6.07) is 2.14. The predicted molar refractivity (Wildman–Crippen MR) is 90.4 cm³/mol. The molecule has 0 bridgehead atoms. The number of aliphatic hydroxyl groups is 2. The van der Waals surface area contributed by atoms with Gasteiger partial charge in [0, 0.05) is 5.92 Å². The van der Waals surface area contributed by atoms with E-state index in [4.69, 9.17) is 0 Å². The van der Waals surface area contributed by atoms with Crippen molar-refractivity contribution in [2.24, 2.45) is 34.0 Å². The molecule has 0 saturated heterocycles. The average molecular weight is 319 g/mol. The lowest BCUT2D eigenvalue weighted by Gasteiger charge is -2.66. The Balaban J connectivity index is 2.03. The smallest absolute Gasteiger partial charge is 0.156 e. The second kappa shape index (κ2) is 5.20. The van der Waals surface area contributed by atoms with Gasteiger partial charge in [-0.15, -0.1) is 0 Å². The SMILES string of the molecule is CC1(C)CCC[C@]2(C)[C@H]3CC[C@](O)(C#N)[C@@H](CO)[C@]3(C)CC[C@@H]12. The standard InChI is InChI=1S/C20H33NO2/c1-17(2)8-5-9-18(3)14(17)6-10-19(4)15(18)7-11-20(23,13-21)16(19)12-22/h14-16,22-23H,5-12H2,1-4H3/t14-,15+,16-,18-,19+,20-/m0/s1. The van der Waals surface area contributed by atoms with Crippen LogP contribution < -0.4 is 0 Å². The molecule has 3 heteroatoms. The second-order valence-corrected chi connectivity index (χ2v) is 9.81. The number of fused-ring (bicyclic) bond motifs is 3. The Kier molecular flexibility index (Phi) is 3.90. The summed E-state index contributed by atoms with van der Waals surface area (Å²) >= 11 is 0. The summed E-state index contributed by atoms with van der Waals surface area (Å²) < 4.78 is 0. The van der Waals surface area contributed by atoms with E-state index >= 15 is 0 Å². The fourth-order valence-electron chi connectivity index (χ4n) is 7.34. The van der Waals surface area contributed by atoms with Crippen LogP contribution in [0.25, 0.3) is 0 Å². The fourth-order valence-corrected chi connectivity index (χ4v) is 7.34. The highest BCUT2D eigenvalue weighted by Crippen LogP contribution is 2.69. The molecular formula is C20H33NO2. The Morgan fingerprint density at radius 3 is 2.22 bits per heavy atom. The first-order valence-electron chi connectivity index (χ1n) is 9.38. The number of nitrogens with zero attached hydrogens (tertiary/aromatic N) is 1. The molecule has 2 N–H and O–H groups in total. The number of aliphatic hydroxyl groups excluding tert-OH is 1. The van der Waals surface area contributed by atoms with Gasteiger partial charge < -0.3 is 10.2 Å². The van der Waals surface area contributed by atoms with Gasteiger partial charge in [0.1, 0.15) is 0 Å². The van der Waals surface area contributed by atoms with E-state index in [2.05, 4.69) is 33.8 Å².